The van der Waals surface area contributed by atoms with E-state index >= 15 is 0 Å². The number of likely N-dealkylation sites (tertiary alicyclic amines) is 1. The van der Waals surface area contributed by atoms with E-state index in [1.807, 2.05) is 13.8 Å². The fraction of sp³-hybridized carbons (Fsp3) is 0.692. The molecule has 92 valence electrons. The number of thiazole rings is 1. The van der Waals surface area contributed by atoms with E-state index in [1.54, 1.807) is 11.3 Å². The van der Waals surface area contributed by atoms with Crippen molar-refractivity contribution in [1.29, 1.82) is 5.26 Å². The molecule has 1 unspecified atom stereocenters. The summed E-state index contributed by atoms with van der Waals surface area (Å²) in [5, 5.41) is 12.3. The molecule has 0 N–H and O–H groups in total. The number of hydrogen-bond acceptors (Lipinski definition) is 4. The Morgan fingerprint density at radius 2 is 2.41 bits per heavy atom. The summed E-state index contributed by atoms with van der Waals surface area (Å²) in [6.45, 7) is 6.22. The first-order chi connectivity index (χ1) is 8.00. The third kappa shape index (κ3) is 3.05. The van der Waals surface area contributed by atoms with Crippen LogP contribution in [-0.2, 0) is 6.42 Å². The molecule has 1 fully saturated rings. The molecule has 0 radical (unpaired) electrons. The average Bonchev–Trinajstić information content (AvgIpc) is 2.86. The molecule has 1 aliphatic heterocycles. The highest BCUT2D eigenvalue weighted by molar-refractivity contribution is 7.09. The molecule has 4 heteroatoms. The number of nitriles is 1. The van der Waals surface area contributed by atoms with E-state index in [0.717, 1.165) is 18.0 Å². The van der Waals surface area contributed by atoms with Crippen LogP contribution < -0.4 is 0 Å². The van der Waals surface area contributed by atoms with Gasteiger partial charge in [-0.15, -0.1) is 11.3 Å². The molecule has 17 heavy (non-hydrogen) atoms. The second kappa shape index (κ2) is 4.75. The van der Waals surface area contributed by atoms with Crippen molar-refractivity contribution >= 4 is 11.3 Å². The van der Waals surface area contributed by atoms with E-state index in [1.165, 1.54) is 18.7 Å². The fourth-order valence-corrected chi connectivity index (χ4v) is 3.29. The molecular formula is C13H19N3S. The van der Waals surface area contributed by atoms with E-state index in [2.05, 4.69) is 23.4 Å². The Kier molecular flexibility index (Phi) is 3.50. The Morgan fingerprint density at radius 1 is 1.65 bits per heavy atom. The summed E-state index contributed by atoms with van der Waals surface area (Å²) in [6.07, 6.45) is 1.97. The van der Waals surface area contributed by atoms with Gasteiger partial charge in [-0.25, -0.2) is 4.98 Å². The highest BCUT2D eigenvalue weighted by Crippen LogP contribution is 2.29. The Bertz CT molecular complexity index is 430. The normalized spacial score (nSPS) is 21.6. The van der Waals surface area contributed by atoms with Gasteiger partial charge in [0.15, 0.2) is 0 Å². The maximum Gasteiger partial charge on any atom is 0.0944 e. The predicted molar refractivity (Wildman–Crippen MR) is 70.1 cm³/mol. The average molecular weight is 249 g/mol. The third-order valence-electron chi connectivity index (χ3n) is 3.27. The molecule has 2 heterocycles. The van der Waals surface area contributed by atoms with Crippen molar-refractivity contribution in [1.82, 2.24) is 9.88 Å². The predicted octanol–water partition coefficient (Wildman–Crippen LogP) is 2.65. The minimum atomic E-state index is -0.304. The summed E-state index contributed by atoms with van der Waals surface area (Å²) in [7, 11) is 2.16. The molecule has 3 nitrogen and oxygen atoms in total. The first kappa shape index (κ1) is 12.5. The molecular weight excluding hydrogens is 230 g/mol. The van der Waals surface area contributed by atoms with Crippen LogP contribution in [-0.4, -0.2) is 30.0 Å². The molecule has 1 saturated heterocycles. The molecule has 0 aliphatic carbocycles. The molecule has 2 rings (SSSR count). The maximum absolute atomic E-state index is 9.03. The van der Waals surface area contributed by atoms with Gasteiger partial charge in [-0.2, -0.15) is 5.26 Å². The minimum absolute atomic E-state index is 0.304. The van der Waals surface area contributed by atoms with Crippen molar-refractivity contribution in [2.45, 2.75) is 32.6 Å². The molecule has 0 bridgehead atoms. The third-order valence-corrected chi connectivity index (χ3v) is 4.14. The Balaban J connectivity index is 2.04. The molecule has 0 saturated carbocycles. The van der Waals surface area contributed by atoms with E-state index in [4.69, 9.17) is 10.2 Å². The lowest BCUT2D eigenvalue weighted by Gasteiger charge is -2.12. The smallest absolute Gasteiger partial charge is 0.0944 e. The SMILES string of the molecule is CN1CCC(c2csc(CC(C)(C)C#N)n2)C1. The van der Waals surface area contributed by atoms with E-state index in [-0.39, 0.29) is 5.41 Å². The van der Waals surface area contributed by atoms with Crippen molar-refractivity contribution in [2.24, 2.45) is 5.41 Å². The zero-order chi connectivity index (χ0) is 12.5. The molecule has 0 spiro atoms. The molecule has 0 amide bonds. The van der Waals surface area contributed by atoms with Crippen molar-refractivity contribution in [2.75, 3.05) is 20.1 Å². The monoisotopic (exact) mass is 249 g/mol. The summed E-state index contributed by atoms with van der Waals surface area (Å²) >= 11 is 1.70. The fourth-order valence-electron chi connectivity index (χ4n) is 2.19. The van der Waals surface area contributed by atoms with Crippen LogP contribution in [0.15, 0.2) is 5.38 Å². The molecule has 1 atom stereocenters. The van der Waals surface area contributed by atoms with Crippen LogP contribution in [0.2, 0.25) is 0 Å². The highest BCUT2D eigenvalue weighted by atomic mass is 32.1. The van der Waals surface area contributed by atoms with Crippen molar-refractivity contribution in [3.63, 3.8) is 0 Å². The van der Waals surface area contributed by atoms with Crippen LogP contribution >= 0.6 is 11.3 Å². The Labute approximate surface area is 107 Å². The van der Waals surface area contributed by atoms with E-state index in [0.29, 0.717) is 5.92 Å². The van der Waals surface area contributed by atoms with Gasteiger partial charge in [0.25, 0.3) is 0 Å². The maximum atomic E-state index is 9.03. The van der Waals surface area contributed by atoms with Crippen LogP contribution in [0.3, 0.4) is 0 Å². The van der Waals surface area contributed by atoms with Gasteiger partial charge in [0.1, 0.15) is 0 Å². The quantitative estimate of drug-likeness (QED) is 0.827. The zero-order valence-corrected chi connectivity index (χ0v) is 11.5. The lowest BCUT2D eigenvalue weighted by molar-refractivity contribution is 0.410. The standard InChI is InChI=1S/C13H19N3S/c1-13(2,9-14)6-12-15-11(8-17-12)10-4-5-16(3)7-10/h8,10H,4-7H2,1-3H3. The van der Waals surface area contributed by atoms with E-state index in [9.17, 15) is 0 Å². The minimum Gasteiger partial charge on any atom is -0.306 e. The van der Waals surface area contributed by atoms with Crippen LogP contribution in [0.1, 0.15) is 36.9 Å². The van der Waals surface area contributed by atoms with Gasteiger partial charge in [-0.1, -0.05) is 0 Å². The second-order valence-electron chi connectivity index (χ2n) is 5.59. The lowest BCUT2D eigenvalue weighted by atomic mass is 9.92. The van der Waals surface area contributed by atoms with Gasteiger partial charge in [-0.05, 0) is 33.9 Å². The second-order valence-corrected chi connectivity index (χ2v) is 6.53. The zero-order valence-electron chi connectivity index (χ0n) is 10.7. The number of hydrogen-bond donors (Lipinski definition) is 0. The van der Waals surface area contributed by atoms with Crippen molar-refractivity contribution in [3.05, 3.63) is 16.1 Å². The van der Waals surface area contributed by atoms with Gasteiger partial charge in [-0.3, -0.25) is 0 Å². The van der Waals surface area contributed by atoms with Crippen LogP contribution in [0.5, 0.6) is 0 Å². The lowest BCUT2D eigenvalue weighted by Crippen LogP contribution is -2.14. The van der Waals surface area contributed by atoms with Gasteiger partial charge < -0.3 is 4.90 Å². The largest absolute Gasteiger partial charge is 0.306 e. The van der Waals surface area contributed by atoms with Gasteiger partial charge >= 0.3 is 0 Å². The summed E-state index contributed by atoms with van der Waals surface area (Å²) < 4.78 is 0. The number of nitrogens with zero attached hydrogens (tertiary/aromatic N) is 3. The van der Waals surface area contributed by atoms with Crippen molar-refractivity contribution < 1.29 is 0 Å². The summed E-state index contributed by atoms with van der Waals surface area (Å²) in [5.74, 6) is 0.593. The topological polar surface area (TPSA) is 39.9 Å². The highest BCUT2D eigenvalue weighted by Gasteiger charge is 2.25. The van der Waals surface area contributed by atoms with Gasteiger partial charge in [0.2, 0.25) is 0 Å². The first-order valence-electron chi connectivity index (χ1n) is 6.04. The van der Waals surface area contributed by atoms with Gasteiger partial charge in [0.05, 0.1) is 22.2 Å². The first-order valence-corrected chi connectivity index (χ1v) is 6.92. The van der Waals surface area contributed by atoms with Gasteiger partial charge in [0, 0.05) is 24.3 Å². The van der Waals surface area contributed by atoms with Crippen LogP contribution in [0.25, 0.3) is 0 Å². The number of likely N-dealkylation sites (N-methyl/N-ethyl adjacent to an activating group) is 1. The van der Waals surface area contributed by atoms with E-state index < -0.39 is 0 Å². The summed E-state index contributed by atoms with van der Waals surface area (Å²) in [4.78, 5) is 7.05. The van der Waals surface area contributed by atoms with Crippen molar-refractivity contribution in [3.8, 4) is 6.07 Å². The summed E-state index contributed by atoms with van der Waals surface area (Å²) in [6, 6.07) is 2.33. The Morgan fingerprint density at radius 3 is 3.00 bits per heavy atom. The summed E-state index contributed by atoms with van der Waals surface area (Å²) in [5.41, 5.74) is 0.921. The number of rotatable bonds is 3. The molecule has 1 aromatic heterocycles. The molecule has 1 aliphatic rings. The van der Waals surface area contributed by atoms with Crippen LogP contribution in [0, 0.1) is 16.7 Å². The Hall–Kier alpha value is -0.920. The van der Waals surface area contributed by atoms with Crippen LogP contribution in [0.4, 0.5) is 0 Å². The molecule has 1 aromatic rings. The number of aromatic nitrogens is 1. The molecule has 0 aromatic carbocycles.